The lowest BCUT2D eigenvalue weighted by Crippen LogP contribution is -2.15. The number of hydrogen-bond donors (Lipinski definition) is 2. The number of rotatable bonds is 5. The molecule has 0 aliphatic carbocycles. The summed E-state index contributed by atoms with van der Waals surface area (Å²) in [5.41, 5.74) is 7.12. The maximum Gasteiger partial charge on any atom is 0.165 e. The van der Waals surface area contributed by atoms with E-state index >= 15 is 0 Å². The van der Waals surface area contributed by atoms with Gasteiger partial charge in [-0.25, -0.2) is 15.0 Å². The lowest BCUT2D eigenvalue weighted by molar-refractivity contribution is 0.111. The molecule has 0 radical (unpaired) electrons. The van der Waals surface area contributed by atoms with Gasteiger partial charge in [-0.05, 0) is 6.42 Å². The first kappa shape index (κ1) is 12.1. The Kier molecular flexibility index (Phi) is 3.80. The minimum Gasteiger partial charge on any atom is -0.382 e. The smallest absolute Gasteiger partial charge is 0.165 e. The number of thiol groups is 1. The van der Waals surface area contributed by atoms with Gasteiger partial charge in [-0.3, -0.25) is 0 Å². The van der Waals surface area contributed by atoms with Gasteiger partial charge in [0, 0.05) is 19.4 Å². The summed E-state index contributed by atoms with van der Waals surface area (Å²) < 4.78 is 7.21. The molecule has 0 bridgehead atoms. The summed E-state index contributed by atoms with van der Waals surface area (Å²) in [5.74, 6) is 1.10. The molecule has 0 saturated heterocycles. The van der Waals surface area contributed by atoms with Crippen LogP contribution in [0.2, 0.25) is 0 Å². The third kappa shape index (κ3) is 2.50. The molecule has 1 unspecified atom stereocenters. The van der Waals surface area contributed by atoms with Crippen molar-refractivity contribution in [2.45, 2.75) is 19.1 Å². The molecule has 0 aliphatic heterocycles. The summed E-state index contributed by atoms with van der Waals surface area (Å²) in [7, 11) is 1.69. The highest BCUT2D eigenvalue weighted by Gasteiger charge is 2.10. The second-order valence-electron chi connectivity index (χ2n) is 3.70. The Morgan fingerprint density at radius 1 is 1.47 bits per heavy atom. The number of methoxy groups -OCH3 is 1. The van der Waals surface area contributed by atoms with Crippen LogP contribution in [0.25, 0.3) is 11.2 Å². The largest absolute Gasteiger partial charge is 0.382 e. The van der Waals surface area contributed by atoms with E-state index in [0.29, 0.717) is 17.1 Å². The van der Waals surface area contributed by atoms with Gasteiger partial charge in [0.1, 0.15) is 11.8 Å². The SMILES string of the molecule is COC(CS)CCn1cnc2c(N)ncnc21. The summed E-state index contributed by atoms with van der Waals surface area (Å²) in [6.45, 7) is 0.770. The Morgan fingerprint density at radius 2 is 2.29 bits per heavy atom. The third-order valence-corrected chi connectivity index (χ3v) is 3.07. The molecular formula is C10H15N5OS. The number of aromatic nitrogens is 4. The molecule has 6 nitrogen and oxygen atoms in total. The van der Waals surface area contributed by atoms with Crippen molar-refractivity contribution >= 4 is 29.6 Å². The number of nitrogens with two attached hydrogens (primary N) is 1. The van der Waals surface area contributed by atoms with Gasteiger partial charge in [0.15, 0.2) is 11.5 Å². The van der Waals surface area contributed by atoms with Crippen LogP contribution in [-0.4, -0.2) is 38.5 Å². The fourth-order valence-electron chi connectivity index (χ4n) is 1.63. The fraction of sp³-hybridized carbons (Fsp3) is 0.500. The summed E-state index contributed by atoms with van der Waals surface area (Å²) in [6, 6.07) is 0. The molecule has 2 rings (SSSR count). The fourth-order valence-corrected chi connectivity index (χ4v) is 1.96. The van der Waals surface area contributed by atoms with Gasteiger partial charge in [0.2, 0.25) is 0 Å². The molecule has 2 heterocycles. The lowest BCUT2D eigenvalue weighted by atomic mass is 10.3. The maximum atomic E-state index is 5.71. The second-order valence-corrected chi connectivity index (χ2v) is 4.06. The van der Waals surface area contributed by atoms with Crippen molar-refractivity contribution in [3.05, 3.63) is 12.7 Å². The molecule has 0 aliphatic rings. The summed E-state index contributed by atoms with van der Waals surface area (Å²) >= 11 is 4.22. The molecule has 0 amide bonds. The average Bonchev–Trinajstić information content (AvgIpc) is 2.75. The van der Waals surface area contributed by atoms with Crippen LogP contribution >= 0.6 is 12.6 Å². The number of nitrogens with zero attached hydrogens (tertiary/aromatic N) is 4. The number of imidazole rings is 1. The number of anilines is 1. The highest BCUT2D eigenvalue weighted by atomic mass is 32.1. The van der Waals surface area contributed by atoms with Gasteiger partial charge < -0.3 is 15.0 Å². The van der Waals surface area contributed by atoms with Crippen LogP contribution in [0.1, 0.15) is 6.42 Å². The van der Waals surface area contributed by atoms with Crippen LogP contribution in [0.3, 0.4) is 0 Å². The molecule has 7 heteroatoms. The Morgan fingerprint density at radius 3 is 3.00 bits per heavy atom. The van der Waals surface area contributed by atoms with E-state index in [1.165, 1.54) is 6.33 Å². The first-order valence-corrected chi connectivity index (χ1v) is 5.94. The molecule has 1 atom stereocenters. The van der Waals surface area contributed by atoms with Gasteiger partial charge in [-0.2, -0.15) is 12.6 Å². The van der Waals surface area contributed by atoms with Gasteiger partial charge in [-0.1, -0.05) is 0 Å². The molecule has 2 N–H and O–H groups in total. The first-order valence-electron chi connectivity index (χ1n) is 5.31. The zero-order chi connectivity index (χ0) is 12.3. The molecule has 0 saturated carbocycles. The van der Waals surface area contributed by atoms with E-state index in [-0.39, 0.29) is 6.10 Å². The monoisotopic (exact) mass is 253 g/mol. The molecule has 0 fully saturated rings. The van der Waals surface area contributed by atoms with Gasteiger partial charge in [-0.15, -0.1) is 0 Å². The quantitative estimate of drug-likeness (QED) is 0.768. The minimum atomic E-state index is 0.134. The minimum absolute atomic E-state index is 0.134. The molecular weight excluding hydrogens is 238 g/mol. The number of nitrogen functional groups attached to an aromatic ring is 1. The van der Waals surface area contributed by atoms with Gasteiger partial charge in [0.25, 0.3) is 0 Å². The Balaban J connectivity index is 2.17. The van der Waals surface area contributed by atoms with Crippen molar-refractivity contribution in [3.8, 4) is 0 Å². The van der Waals surface area contributed by atoms with E-state index in [1.54, 1.807) is 13.4 Å². The van der Waals surface area contributed by atoms with Crippen molar-refractivity contribution in [1.29, 1.82) is 0 Å². The van der Waals surface area contributed by atoms with Crippen LogP contribution in [0.4, 0.5) is 5.82 Å². The van der Waals surface area contributed by atoms with Crippen molar-refractivity contribution in [1.82, 2.24) is 19.5 Å². The highest BCUT2D eigenvalue weighted by Crippen LogP contribution is 2.15. The standard InChI is InChI=1S/C10H15N5OS/c1-16-7(4-17)2-3-15-6-14-8-9(11)12-5-13-10(8)15/h5-7,17H,2-4H2,1H3,(H2,11,12,13). The number of hydrogen-bond acceptors (Lipinski definition) is 6. The van der Waals surface area contributed by atoms with Crippen LogP contribution in [0.5, 0.6) is 0 Å². The van der Waals surface area contributed by atoms with E-state index in [1.807, 2.05) is 4.57 Å². The van der Waals surface area contributed by atoms with E-state index in [9.17, 15) is 0 Å². The zero-order valence-electron chi connectivity index (χ0n) is 9.58. The van der Waals surface area contributed by atoms with Crippen LogP contribution in [0.15, 0.2) is 12.7 Å². The number of ether oxygens (including phenoxy) is 1. The van der Waals surface area contributed by atoms with Crippen molar-refractivity contribution in [2.75, 3.05) is 18.6 Å². The summed E-state index contributed by atoms with van der Waals surface area (Å²) in [4.78, 5) is 12.3. The normalized spacial score (nSPS) is 13.1. The molecule has 2 aromatic heterocycles. The van der Waals surface area contributed by atoms with Crippen molar-refractivity contribution in [3.63, 3.8) is 0 Å². The third-order valence-electron chi connectivity index (χ3n) is 2.66. The Hall–Kier alpha value is -1.34. The average molecular weight is 253 g/mol. The molecule has 17 heavy (non-hydrogen) atoms. The number of fused-ring (bicyclic) bond motifs is 1. The predicted octanol–water partition coefficient (Wildman–Crippen LogP) is 0.743. The van der Waals surface area contributed by atoms with E-state index < -0.39 is 0 Å². The molecule has 2 aromatic rings. The summed E-state index contributed by atoms with van der Waals surface area (Å²) in [6.07, 6.45) is 4.16. The maximum absolute atomic E-state index is 5.71. The topological polar surface area (TPSA) is 78.9 Å². The van der Waals surface area contributed by atoms with Gasteiger partial charge >= 0.3 is 0 Å². The van der Waals surface area contributed by atoms with Crippen LogP contribution in [0, 0.1) is 0 Å². The lowest BCUT2D eigenvalue weighted by Gasteiger charge is -2.12. The molecule has 0 aromatic carbocycles. The van der Waals surface area contributed by atoms with Crippen LogP contribution < -0.4 is 5.73 Å². The Bertz CT molecular complexity index is 496. The van der Waals surface area contributed by atoms with Gasteiger partial charge in [0.05, 0.1) is 12.4 Å². The van der Waals surface area contributed by atoms with Crippen molar-refractivity contribution < 1.29 is 4.74 Å². The molecule has 0 spiro atoms. The highest BCUT2D eigenvalue weighted by molar-refractivity contribution is 7.80. The Labute approximate surface area is 105 Å². The number of aryl methyl sites for hydroxylation is 1. The first-order chi connectivity index (χ1) is 8.26. The predicted molar refractivity (Wildman–Crippen MR) is 69.0 cm³/mol. The van der Waals surface area contributed by atoms with Crippen molar-refractivity contribution in [2.24, 2.45) is 0 Å². The summed E-state index contributed by atoms with van der Waals surface area (Å²) in [5, 5.41) is 0. The molecule has 92 valence electrons. The second kappa shape index (κ2) is 5.33. The van der Waals surface area contributed by atoms with E-state index in [4.69, 9.17) is 10.5 Å². The zero-order valence-corrected chi connectivity index (χ0v) is 10.5. The van der Waals surface area contributed by atoms with E-state index in [0.717, 1.165) is 18.6 Å². The van der Waals surface area contributed by atoms with Crippen LogP contribution in [-0.2, 0) is 11.3 Å². The van der Waals surface area contributed by atoms with E-state index in [2.05, 4.69) is 27.6 Å².